The topological polar surface area (TPSA) is 111 Å². The molecule has 494 valence electrons. The highest BCUT2D eigenvalue weighted by molar-refractivity contribution is 7.45. The number of phosphoric acid groups is 1. The van der Waals surface area contributed by atoms with Crippen molar-refractivity contribution in [3.05, 3.63) is 194 Å². The maximum absolute atomic E-state index is 12.9. The van der Waals surface area contributed by atoms with Crippen LogP contribution in [-0.4, -0.2) is 70.0 Å². The summed E-state index contributed by atoms with van der Waals surface area (Å²) in [6, 6.07) is 0. The molecule has 0 bridgehead atoms. The Balaban J connectivity index is 4.22. The first-order chi connectivity index (χ1) is 43.0. The SMILES string of the molecule is CC/C=C\C/C=C\C/C=C\C/C=C\C/C=C\C/C=C\C/C=C\C/C=C\C/C=C\CCCCCCCC(=O)OC(COC(=O)CCCCCCCCCCC/C=C\C/C=C\C/C=C\C/C=C\C/C=C\C/C=C\C/C=C\CC)COP(=O)([O-])OCC[N+](C)(C)C. The third kappa shape index (κ3) is 69.9. The smallest absolute Gasteiger partial charge is 0.306 e. The summed E-state index contributed by atoms with van der Waals surface area (Å²) in [5.74, 6) is -0.878. The highest BCUT2D eigenvalue weighted by atomic mass is 31.2. The summed E-state index contributed by atoms with van der Waals surface area (Å²) in [6.45, 7) is 3.95. The van der Waals surface area contributed by atoms with E-state index in [0.717, 1.165) is 161 Å². The Morgan fingerprint density at radius 1 is 0.352 bits per heavy atom. The summed E-state index contributed by atoms with van der Waals surface area (Å²) < 4.78 is 34.3. The maximum Gasteiger partial charge on any atom is 0.306 e. The Labute approximate surface area is 539 Å². The molecule has 9 nitrogen and oxygen atoms in total. The van der Waals surface area contributed by atoms with E-state index in [2.05, 4.69) is 208 Å². The molecule has 0 amide bonds. The van der Waals surface area contributed by atoms with E-state index in [9.17, 15) is 19.0 Å². The molecule has 0 saturated carbocycles. The molecule has 0 spiro atoms. The summed E-state index contributed by atoms with van der Waals surface area (Å²) in [5.41, 5.74) is 0. The second-order valence-corrected chi connectivity index (χ2v) is 24.5. The van der Waals surface area contributed by atoms with Gasteiger partial charge in [0.2, 0.25) is 0 Å². The number of ether oxygens (including phenoxy) is 2. The average molecular weight is 1230 g/mol. The lowest BCUT2D eigenvalue weighted by Crippen LogP contribution is -2.37. The molecule has 0 fully saturated rings. The molecule has 0 saturated heterocycles. The fraction of sp³-hybridized carbons (Fsp3) is 0.564. The first-order valence-electron chi connectivity index (χ1n) is 34.1. The number of hydrogen-bond donors (Lipinski definition) is 0. The number of carbonyl (C=O) groups excluding carboxylic acids is 2. The lowest BCUT2D eigenvalue weighted by atomic mass is 10.1. The number of carbonyl (C=O) groups is 2. The molecule has 0 aromatic carbocycles. The Hall–Kier alpha value is -5.15. The fourth-order valence-corrected chi connectivity index (χ4v) is 9.18. The van der Waals surface area contributed by atoms with Crippen molar-refractivity contribution in [3.8, 4) is 0 Å². The number of esters is 2. The van der Waals surface area contributed by atoms with Crippen LogP contribution in [0.15, 0.2) is 194 Å². The van der Waals surface area contributed by atoms with Gasteiger partial charge in [0.1, 0.15) is 19.8 Å². The first kappa shape index (κ1) is 82.8. The third-order valence-corrected chi connectivity index (χ3v) is 14.6. The lowest BCUT2D eigenvalue weighted by molar-refractivity contribution is -0.870. The molecule has 0 aromatic rings. The predicted octanol–water partition coefficient (Wildman–Crippen LogP) is 21.9. The standard InChI is InChI=1S/C78H124NO8P/c1-6-8-10-12-14-16-18-20-22-24-26-28-30-32-34-36-38-39-41-43-45-47-49-51-53-55-57-59-61-63-65-67-69-71-78(81)87-76(75-86-88(82,83)85-73-72-79(3,4)5)74-84-77(80)70-68-66-64-62-60-58-56-54-52-50-48-46-44-42-40-37-35-33-31-29-27-25-23-21-19-17-15-13-11-9-7-2/h8-11,14-17,20-23,26-29,32-35,38-40,42-43,45-46,48-49,51,55,57,76H,6-7,12-13,18-19,24-25,30-31,36-37,41,44,47,50,52-54,56,58-75H2,1-5H3/b10-8-,11-9-,16-14-,17-15-,22-20-,23-21-,28-26-,29-27-,34-32-,35-33-,39-38-,42-40-,45-43-,48-46-,51-49-,57-55-. The Morgan fingerprint density at radius 3 is 0.909 bits per heavy atom. The number of allylic oxidation sites excluding steroid dienone is 32. The zero-order valence-corrected chi connectivity index (χ0v) is 57.0. The van der Waals surface area contributed by atoms with Crippen molar-refractivity contribution >= 4 is 19.8 Å². The molecular weight excluding hydrogens is 1110 g/mol. The van der Waals surface area contributed by atoms with Gasteiger partial charge in [0.25, 0.3) is 7.82 Å². The van der Waals surface area contributed by atoms with Gasteiger partial charge >= 0.3 is 11.9 Å². The molecule has 0 N–H and O–H groups in total. The molecule has 0 heterocycles. The van der Waals surface area contributed by atoms with Crippen LogP contribution in [0.5, 0.6) is 0 Å². The quantitative estimate of drug-likeness (QED) is 0.0195. The molecule has 0 rings (SSSR count). The van der Waals surface area contributed by atoms with E-state index in [-0.39, 0.29) is 26.1 Å². The Kier molecular flexibility index (Phi) is 62.4. The third-order valence-electron chi connectivity index (χ3n) is 13.6. The van der Waals surface area contributed by atoms with Crippen molar-refractivity contribution in [2.24, 2.45) is 0 Å². The molecule has 0 aliphatic rings. The lowest BCUT2D eigenvalue weighted by Gasteiger charge is -2.28. The Morgan fingerprint density at radius 2 is 0.614 bits per heavy atom. The molecule has 0 aromatic heterocycles. The van der Waals surface area contributed by atoms with Crippen LogP contribution in [0.1, 0.15) is 232 Å². The molecule has 0 aliphatic heterocycles. The van der Waals surface area contributed by atoms with E-state index in [0.29, 0.717) is 23.9 Å². The second-order valence-electron chi connectivity index (χ2n) is 23.1. The fourth-order valence-electron chi connectivity index (χ4n) is 8.45. The zero-order chi connectivity index (χ0) is 64.1. The van der Waals surface area contributed by atoms with Gasteiger partial charge in [-0.1, -0.05) is 272 Å². The van der Waals surface area contributed by atoms with Crippen molar-refractivity contribution in [2.75, 3.05) is 47.5 Å². The van der Waals surface area contributed by atoms with Crippen LogP contribution in [0.25, 0.3) is 0 Å². The van der Waals surface area contributed by atoms with Crippen LogP contribution in [0.4, 0.5) is 0 Å². The monoisotopic (exact) mass is 1230 g/mol. The van der Waals surface area contributed by atoms with Gasteiger partial charge in [0.05, 0.1) is 27.7 Å². The molecule has 0 radical (unpaired) electrons. The number of quaternary nitrogens is 1. The molecular formula is C78H124NO8P. The summed E-state index contributed by atoms with van der Waals surface area (Å²) in [7, 11) is 1.12. The summed E-state index contributed by atoms with van der Waals surface area (Å²) in [5, 5.41) is 0. The number of phosphoric ester groups is 1. The van der Waals surface area contributed by atoms with E-state index >= 15 is 0 Å². The van der Waals surface area contributed by atoms with Crippen LogP contribution in [0.3, 0.4) is 0 Å². The van der Waals surface area contributed by atoms with Gasteiger partial charge in [-0.25, -0.2) is 0 Å². The van der Waals surface area contributed by atoms with Crippen molar-refractivity contribution in [3.63, 3.8) is 0 Å². The van der Waals surface area contributed by atoms with Crippen molar-refractivity contribution in [1.29, 1.82) is 0 Å². The van der Waals surface area contributed by atoms with E-state index < -0.39 is 32.5 Å². The van der Waals surface area contributed by atoms with Crippen molar-refractivity contribution in [2.45, 2.75) is 238 Å². The maximum atomic E-state index is 12.9. The van der Waals surface area contributed by atoms with Crippen molar-refractivity contribution < 1.29 is 42.1 Å². The minimum atomic E-state index is -4.67. The van der Waals surface area contributed by atoms with Crippen LogP contribution in [0.2, 0.25) is 0 Å². The van der Waals surface area contributed by atoms with Gasteiger partial charge < -0.3 is 27.9 Å². The minimum absolute atomic E-state index is 0.0474. The van der Waals surface area contributed by atoms with E-state index in [1.807, 2.05) is 21.1 Å². The summed E-state index contributed by atoms with van der Waals surface area (Å²) >= 11 is 0. The van der Waals surface area contributed by atoms with Crippen LogP contribution >= 0.6 is 7.82 Å². The van der Waals surface area contributed by atoms with Crippen LogP contribution < -0.4 is 4.89 Å². The van der Waals surface area contributed by atoms with E-state index in [1.54, 1.807) is 0 Å². The Bertz CT molecular complexity index is 2190. The first-order valence-corrected chi connectivity index (χ1v) is 35.6. The number of nitrogens with zero attached hydrogens (tertiary/aromatic N) is 1. The summed E-state index contributed by atoms with van der Waals surface area (Å²) in [6.07, 6.45) is 103. The van der Waals surface area contributed by atoms with Gasteiger partial charge in [-0.05, 0) is 141 Å². The largest absolute Gasteiger partial charge is 0.756 e. The van der Waals surface area contributed by atoms with Gasteiger partial charge in [0, 0.05) is 12.8 Å². The van der Waals surface area contributed by atoms with E-state index in [4.69, 9.17) is 18.5 Å². The molecule has 2 unspecified atom stereocenters. The van der Waals surface area contributed by atoms with Gasteiger partial charge in [0.15, 0.2) is 6.10 Å². The minimum Gasteiger partial charge on any atom is -0.756 e. The number of unbranched alkanes of at least 4 members (excludes halogenated alkanes) is 14. The predicted molar refractivity (Wildman–Crippen MR) is 378 cm³/mol. The second kappa shape index (κ2) is 66.3. The number of rotatable bonds is 60. The highest BCUT2D eigenvalue weighted by Crippen LogP contribution is 2.38. The van der Waals surface area contributed by atoms with Crippen LogP contribution in [-0.2, 0) is 32.7 Å². The molecule has 10 heteroatoms. The molecule has 2 atom stereocenters. The van der Waals surface area contributed by atoms with Crippen LogP contribution in [0, 0.1) is 0 Å². The zero-order valence-electron chi connectivity index (χ0n) is 56.1. The molecule has 88 heavy (non-hydrogen) atoms. The molecule has 0 aliphatic carbocycles. The summed E-state index contributed by atoms with van der Waals surface area (Å²) in [4.78, 5) is 38.1. The van der Waals surface area contributed by atoms with Gasteiger partial charge in [-0.3, -0.25) is 14.2 Å². The van der Waals surface area contributed by atoms with Crippen molar-refractivity contribution in [1.82, 2.24) is 0 Å². The number of hydrogen-bond acceptors (Lipinski definition) is 8. The highest BCUT2D eigenvalue weighted by Gasteiger charge is 2.22. The van der Waals surface area contributed by atoms with Gasteiger partial charge in [-0.2, -0.15) is 0 Å². The normalized spacial score (nSPS) is 14.4. The average Bonchev–Trinajstić information content (AvgIpc) is 3.56. The van der Waals surface area contributed by atoms with E-state index in [1.165, 1.54) is 32.1 Å². The van der Waals surface area contributed by atoms with Gasteiger partial charge in [-0.15, -0.1) is 0 Å². The number of likely N-dealkylation sites (N-methyl/N-ethyl adjacent to an activating group) is 1.